The summed E-state index contributed by atoms with van der Waals surface area (Å²) in [5.41, 5.74) is -0.0656. The molecule has 0 aliphatic carbocycles. The number of carboxylic acids is 1. The third-order valence-electron chi connectivity index (χ3n) is 2.74. The van der Waals surface area contributed by atoms with Gasteiger partial charge in [0.1, 0.15) is 22.9 Å². The number of aliphatic hydroxyl groups is 1. The second kappa shape index (κ2) is 4.07. The summed E-state index contributed by atoms with van der Waals surface area (Å²) in [5, 5.41) is 21.6. The van der Waals surface area contributed by atoms with Crippen molar-refractivity contribution in [3.8, 4) is 0 Å². The molecule has 1 aliphatic rings. The minimum Gasteiger partial charge on any atom is -0.480 e. The zero-order valence-corrected chi connectivity index (χ0v) is 11.0. The van der Waals surface area contributed by atoms with Crippen molar-refractivity contribution in [2.75, 3.05) is 5.32 Å². The lowest BCUT2D eigenvalue weighted by atomic mass is 9.95. The third kappa shape index (κ3) is 2.02. The monoisotopic (exact) mass is 271 g/mol. The summed E-state index contributed by atoms with van der Waals surface area (Å²) < 4.78 is 0. The number of aliphatic hydroxyl groups excluding tert-OH is 1. The fourth-order valence-electron chi connectivity index (χ4n) is 1.74. The molecule has 0 saturated heterocycles. The van der Waals surface area contributed by atoms with E-state index >= 15 is 0 Å². The molecule has 7 heteroatoms. The van der Waals surface area contributed by atoms with E-state index in [9.17, 15) is 9.90 Å². The van der Waals surface area contributed by atoms with E-state index in [1.54, 1.807) is 0 Å². The molecule has 1 aromatic heterocycles. The molecule has 1 aliphatic heterocycles. The van der Waals surface area contributed by atoms with E-state index in [0.717, 1.165) is 0 Å². The lowest BCUT2D eigenvalue weighted by Gasteiger charge is -2.17. The Bertz CT molecular complexity index is 513. The molecule has 0 amide bonds. The van der Waals surface area contributed by atoms with Crippen LogP contribution in [0, 0.1) is 0 Å². The topological polar surface area (TPSA) is 95.3 Å². The first-order valence-corrected chi connectivity index (χ1v) is 5.85. The van der Waals surface area contributed by atoms with Gasteiger partial charge in [0.05, 0.1) is 5.56 Å². The van der Waals surface area contributed by atoms with E-state index in [1.165, 1.54) is 0 Å². The molecule has 0 bridgehead atoms. The maximum absolute atomic E-state index is 11.0. The van der Waals surface area contributed by atoms with E-state index in [0.29, 0.717) is 11.6 Å². The Hall–Kier alpha value is -1.40. The maximum atomic E-state index is 11.0. The summed E-state index contributed by atoms with van der Waals surface area (Å²) in [7, 11) is 0. The zero-order chi connectivity index (χ0) is 13.7. The molecular weight excluding hydrogens is 258 g/mol. The second-order valence-electron chi connectivity index (χ2n) is 5.26. The van der Waals surface area contributed by atoms with Crippen molar-refractivity contribution in [2.45, 2.75) is 38.3 Å². The van der Waals surface area contributed by atoms with Gasteiger partial charge < -0.3 is 15.5 Å². The summed E-state index contributed by atoms with van der Waals surface area (Å²) in [5.74, 6) is -0.370. The van der Waals surface area contributed by atoms with E-state index < -0.39 is 18.1 Å². The summed E-state index contributed by atoms with van der Waals surface area (Å²) in [6.07, 6.45) is -1.24. The fourth-order valence-corrected chi connectivity index (χ4v) is 2.02. The van der Waals surface area contributed by atoms with Gasteiger partial charge >= 0.3 is 5.97 Å². The van der Waals surface area contributed by atoms with Crippen LogP contribution in [0.1, 0.15) is 38.3 Å². The molecule has 0 fully saturated rings. The molecule has 18 heavy (non-hydrogen) atoms. The number of aliphatic carboxylic acids is 1. The van der Waals surface area contributed by atoms with Gasteiger partial charge in [0.25, 0.3) is 0 Å². The highest BCUT2D eigenvalue weighted by molar-refractivity contribution is 6.30. The minimum absolute atomic E-state index is 0.0914. The van der Waals surface area contributed by atoms with Crippen LogP contribution in [0.4, 0.5) is 5.82 Å². The predicted molar refractivity (Wildman–Crippen MR) is 65.7 cm³/mol. The third-order valence-corrected chi connectivity index (χ3v) is 3.03. The lowest BCUT2D eigenvalue weighted by Crippen LogP contribution is -2.30. The van der Waals surface area contributed by atoms with Gasteiger partial charge in [-0.05, 0) is 0 Å². The first kappa shape index (κ1) is 13.0. The second-order valence-corrected chi connectivity index (χ2v) is 5.61. The number of carbonyl (C=O) groups is 1. The highest BCUT2D eigenvalue weighted by Crippen LogP contribution is 2.38. The van der Waals surface area contributed by atoms with Crippen molar-refractivity contribution in [1.82, 2.24) is 9.97 Å². The standard InChI is InChI=1S/C11H14ClN3O3/c1-11(2,3)10-14-7(12)4-6(16)5(9(17)18)13-8(4)15-10/h5-6,16H,1-3H3,(H,17,18)(H,13,14,15). The molecule has 2 heterocycles. The average molecular weight is 272 g/mol. The molecule has 1 aromatic rings. The number of rotatable bonds is 1. The van der Waals surface area contributed by atoms with Crippen LogP contribution >= 0.6 is 11.6 Å². The Kier molecular flexibility index (Phi) is 2.95. The quantitative estimate of drug-likeness (QED) is 0.667. The van der Waals surface area contributed by atoms with Crippen molar-refractivity contribution >= 4 is 23.4 Å². The number of nitrogens with zero attached hydrogens (tertiary/aromatic N) is 2. The first-order chi connectivity index (χ1) is 8.21. The molecule has 3 N–H and O–H groups in total. The fraction of sp³-hybridized carbons (Fsp3) is 0.545. The summed E-state index contributed by atoms with van der Waals surface area (Å²) in [6.45, 7) is 5.77. The van der Waals surface area contributed by atoms with Crippen molar-refractivity contribution < 1.29 is 15.0 Å². The Balaban J connectivity index is 2.51. The SMILES string of the molecule is CC(C)(C)c1nc(Cl)c2c(n1)NC(C(=O)O)C2O. The Morgan fingerprint density at radius 1 is 1.39 bits per heavy atom. The number of nitrogens with one attached hydrogen (secondary N) is 1. The van der Waals surface area contributed by atoms with Crippen molar-refractivity contribution in [3.63, 3.8) is 0 Å². The van der Waals surface area contributed by atoms with Crippen LogP contribution < -0.4 is 5.32 Å². The van der Waals surface area contributed by atoms with Crippen LogP contribution in [-0.2, 0) is 10.2 Å². The average Bonchev–Trinajstić information content (AvgIpc) is 2.55. The van der Waals surface area contributed by atoms with E-state index in [4.69, 9.17) is 16.7 Å². The van der Waals surface area contributed by atoms with Gasteiger partial charge in [0, 0.05) is 5.41 Å². The predicted octanol–water partition coefficient (Wildman–Crippen LogP) is 1.34. The molecule has 2 rings (SSSR count). The smallest absolute Gasteiger partial charge is 0.329 e. The molecular formula is C11H14ClN3O3. The number of anilines is 1. The van der Waals surface area contributed by atoms with Crippen LogP contribution in [0.5, 0.6) is 0 Å². The first-order valence-electron chi connectivity index (χ1n) is 5.47. The van der Waals surface area contributed by atoms with Crippen LogP contribution in [0.2, 0.25) is 5.15 Å². The van der Waals surface area contributed by atoms with Crippen LogP contribution in [0.25, 0.3) is 0 Å². The number of aromatic nitrogens is 2. The zero-order valence-electron chi connectivity index (χ0n) is 10.2. The molecule has 2 atom stereocenters. The number of hydrogen-bond donors (Lipinski definition) is 3. The number of carboxylic acid groups (broad SMARTS) is 1. The lowest BCUT2D eigenvalue weighted by molar-refractivity contribution is -0.140. The minimum atomic E-state index is -1.24. The summed E-state index contributed by atoms with van der Waals surface area (Å²) >= 11 is 6.00. The van der Waals surface area contributed by atoms with Gasteiger partial charge in [-0.1, -0.05) is 32.4 Å². The maximum Gasteiger partial charge on any atom is 0.329 e. The molecule has 2 unspecified atom stereocenters. The Morgan fingerprint density at radius 2 is 2.00 bits per heavy atom. The molecule has 0 saturated carbocycles. The number of hydrogen-bond acceptors (Lipinski definition) is 5. The molecule has 98 valence electrons. The van der Waals surface area contributed by atoms with E-state index in [2.05, 4.69) is 15.3 Å². The van der Waals surface area contributed by atoms with Gasteiger partial charge in [-0.15, -0.1) is 0 Å². The number of fused-ring (bicyclic) bond motifs is 1. The van der Waals surface area contributed by atoms with Crippen molar-refractivity contribution in [3.05, 3.63) is 16.5 Å². The highest BCUT2D eigenvalue weighted by Gasteiger charge is 2.40. The Morgan fingerprint density at radius 3 is 2.50 bits per heavy atom. The van der Waals surface area contributed by atoms with Crippen LogP contribution in [0.15, 0.2) is 0 Å². The van der Waals surface area contributed by atoms with Crippen molar-refractivity contribution in [2.24, 2.45) is 0 Å². The molecule has 6 nitrogen and oxygen atoms in total. The largest absolute Gasteiger partial charge is 0.480 e. The highest BCUT2D eigenvalue weighted by atomic mass is 35.5. The van der Waals surface area contributed by atoms with Gasteiger partial charge in [-0.25, -0.2) is 14.8 Å². The summed E-state index contributed by atoms with van der Waals surface area (Å²) in [6, 6.07) is -1.14. The normalized spacial score (nSPS) is 22.5. The molecule has 0 spiro atoms. The van der Waals surface area contributed by atoms with Gasteiger partial charge in [0.2, 0.25) is 0 Å². The van der Waals surface area contributed by atoms with E-state index in [1.807, 2.05) is 20.8 Å². The Labute approximate surface area is 109 Å². The molecule has 0 radical (unpaired) electrons. The van der Waals surface area contributed by atoms with Crippen LogP contribution in [0.3, 0.4) is 0 Å². The van der Waals surface area contributed by atoms with E-state index in [-0.39, 0.29) is 16.1 Å². The summed E-state index contributed by atoms with van der Waals surface area (Å²) in [4.78, 5) is 19.3. The van der Waals surface area contributed by atoms with Gasteiger partial charge in [0.15, 0.2) is 6.04 Å². The molecule has 0 aromatic carbocycles. The van der Waals surface area contributed by atoms with Crippen molar-refractivity contribution in [1.29, 1.82) is 0 Å². The number of halogens is 1. The van der Waals surface area contributed by atoms with Gasteiger partial charge in [-0.2, -0.15) is 0 Å². The van der Waals surface area contributed by atoms with Crippen LogP contribution in [-0.4, -0.2) is 32.2 Å². The van der Waals surface area contributed by atoms with Gasteiger partial charge in [-0.3, -0.25) is 0 Å².